The third-order valence-corrected chi connectivity index (χ3v) is 5.04. The van der Waals surface area contributed by atoms with Crippen molar-refractivity contribution >= 4 is 22.6 Å². The number of rotatable bonds is 9. The number of anilines is 1. The van der Waals surface area contributed by atoms with Gasteiger partial charge in [-0.2, -0.15) is 0 Å². The molecule has 4 rings (SSSR count). The van der Waals surface area contributed by atoms with Crippen LogP contribution in [0.2, 0.25) is 0 Å². The van der Waals surface area contributed by atoms with Crippen molar-refractivity contribution in [1.82, 2.24) is 20.5 Å². The molecule has 2 aromatic carbocycles. The van der Waals surface area contributed by atoms with Gasteiger partial charge in [-0.1, -0.05) is 48.5 Å². The van der Waals surface area contributed by atoms with E-state index in [9.17, 15) is 4.79 Å². The molecule has 0 fully saturated rings. The van der Waals surface area contributed by atoms with Crippen LogP contribution in [0.15, 0.2) is 72.9 Å². The van der Waals surface area contributed by atoms with Crippen molar-refractivity contribution in [2.24, 2.45) is 0 Å². The van der Waals surface area contributed by atoms with Crippen LogP contribution < -0.4 is 10.6 Å². The molecule has 0 aliphatic carbocycles. The first-order chi connectivity index (χ1) is 14.8. The third-order valence-electron chi connectivity index (χ3n) is 5.04. The number of carbonyl (C=O) groups excluding carboxylic acids is 1. The van der Waals surface area contributed by atoms with Gasteiger partial charge in [0, 0.05) is 30.2 Å². The number of aromatic amines is 1. The summed E-state index contributed by atoms with van der Waals surface area (Å²) in [5.74, 6) is 0.469. The first kappa shape index (κ1) is 19.6. The lowest BCUT2D eigenvalue weighted by atomic mass is 10.1. The SMILES string of the molecule is O=C(NCCc1c[nH]c2ccccc12)c1ccc(NCCCc2ccccc2)nn1. The van der Waals surface area contributed by atoms with Crippen molar-refractivity contribution in [1.29, 1.82) is 0 Å². The quantitative estimate of drug-likeness (QED) is 0.372. The van der Waals surface area contributed by atoms with Gasteiger partial charge in [-0.25, -0.2) is 0 Å². The van der Waals surface area contributed by atoms with E-state index in [1.165, 1.54) is 16.5 Å². The first-order valence-electron chi connectivity index (χ1n) is 10.2. The first-order valence-corrected chi connectivity index (χ1v) is 10.2. The molecule has 0 aliphatic rings. The minimum absolute atomic E-state index is 0.210. The fourth-order valence-electron chi connectivity index (χ4n) is 3.44. The largest absolute Gasteiger partial charge is 0.369 e. The smallest absolute Gasteiger partial charge is 0.271 e. The lowest BCUT2D eigenvalue weighted by Gasteiger charge is -2.07. The monoisotopic (exact) mass is 399 g/mol. The maximum Gasteiger partial charge on any atom is 0.271 e. The van der Waals surface area contributed by atoms with E-state index >= 15 is 0 Å². The van der Waals surface area contributed by atoms with Gasteiger partial charge < -0.3 is 15.6 Å². The van der Waals surface area contributed by atoms with Gasteiger partial charge in [0.2, 0.25) is 0 Å². The van der Waals surface area contributed by atoms with Gasteiger partial charge in [0.1, 0.15) is 5.82 Å². The zero-order valence-corrected chi connectivity index (χ0v) is 16.8. The van der Waals surface area contributed by atoms with Crippen LogP contribution in [0.5, 0.6) is 0 Å². The Morgan fingerprint density at radius 2 is 1.70 bits per heavy atom. The minimum Gasteiger partial charge on any atom is -0.369 e. The molecular weight excluding hydrogens is 374 g/mol. The molecule has 3 N–H and O–H groups in total. The maximum absolute atomic E-state index is 12.3. The average Bonchev–Trinajstić information content (AvgIpc) is 3.21. The number of aryl methyl sites for hydroxylation is 1. The topological polar surface area (TPSA) is 82.7 Å². The Bertz CT molecular complexity index is 1090. The molecule has 0 bridgehead atoms. The molecule has 152 valence electrons. The van der Waals surface area contributed by atoms with Gasteiger partial charge in [-0.3, -0.25) is 4.79 Å². The van der Waals surface area contributed by atoms with E-state index in [4.69, 9.17) is 0 Å². The highest BCUT2D eigenvalue weighted by atomic mass is 16.1. The number of carbonyl (C=O) groups is 1. The number of amides is 1. The number of nitrogens with zero attached hydrogens (tertiary/aromatic N) is 2. The molecule has 1 amide bonds. The number of aromatic nitrogens is 3. The van der Waals surface area contributed by atoms with Crippen molar-refractivity contribution in [3.8, 4) is 0 Å². The lowest BCUT2D eigenvalue weighted by molar-refractivity contribution is 0.0948. The Morgan fingerprint density at radius 1 is 0.867 bits per heavy atom. The van der Waals surface area contributed by atoms with Gasteiger partial charge >= 0.3 is 0 Å². The highest BCUT2D eigenvalue weighted by molar-refractivity contribution is 5.92. The van der Waals surface area contributed by atoms with Crippen molar-refractivity contribution in [2.75, 3.05) is 18.4 Å². The average molecular weight is 399 g/mol. The Kier molecular flexibility index (Phi) is 6.35. The second kappa shape index (κ2) is 9.69. The fourth-order valence-corrected chi connectivity index (χ4v) is 3.44. The van der Waals surface area contributed by atoms with Gasteiger partial charge in [0.05, 0.1) is 0 Å². The standard InChI is InChI=1S/C24H25N5O/c30-24(26-16-14-19-17-27-21-11-5-4-10-20(19)21)22-12-13-23(29-28-22)25-15-6-9-18-7-2-1-3-8-18/h1-5,7-8,10-13,17,27H,6,9,14-16H2,(H,25,29)(H,26,30). The van der Waals surface area contributed by atoms with E-state index in [0.29, 0.717) is 18.1 Å². The molecule has 2 heterocycles. The summed E-state index contributed by atoms with van der Waals surface area (Å²) < 4.78 is 0. The molecule has 0 unspecified atom stereocenters. The highest BCUT2D eigenvalue weighted by Gasteiger charge is 2.09. The van der Waals surface area contributed by atoms with Crippen LogP contribution in [-0.2, 0) is 12.8 Å². The summed E-state index contributed by atoms with van der Waals surface area (Å²) in [6.07, 6.45) is 4.76. The molecule has 30 heavy (non-hydrogen) atoms. The Morgan fingerprint density at radius 3 is 2.53 bits per heavy atom. The number of hydrogen-bond acceptors (Lipinski definition) is 4. The maximum atomic E-state index is 12.3. The van der Waals surface area contributed by atoms with Crippen molar-refractivity contribution in [3.05, 3.63) is 89.7 Å². The van der Waals surface area contributed by atoms with Gasteiger partial charge in [-0.05, 0) is 48.6 Å². The predicted molar refractivity (Wildman–Crippen MR) is 120 cm³/mol. The molecule has 0 aliphatic heterocycles. The molecular formula is C24H25N5O. The van der Waals surface area contributed by atoms with E-state index in [1.807, 2.05) is 30.5 Å². The zero-order valence-electron chi connectivity index (χ0n) is 16.8. The van der Waals surface area contributed by atoms with Crippen molar-refractivity contribution < 1.29 is 4.79 Å². The Balaban J connectivity index is 1.21. The summed E-state index contributed by atoms with van der Waals surface area (Å²) in [5, 5.41) is 15.5. The molecule has 0 saturated heterocycles. The number of H-pyrrole nitrogens is 1. The van der Waals surface area contributed by atoms with Crippen LogP contribution in [-0.4, -0.2) is 34.2 Å². The summed E-state index contributed by atoms with van der Waals surface area (Å²) in [7, 11) is 0. The summed E-state index contributed by atoms with van der Waals surface area (Å²) in [6, 6.07) is 22.0. The van der Waals surface area contributed by atoms with Crippen LogP contribution in [0, 0.1) is 0 Å². The number of para-hydroxylation sites is 1. The number of nitrogens with one attached hydrogen (secondary N) is 3. The second-order valence-electron chi connectivity index (χ2n) is 7.19. The highest BCUT2D eigenvalue weighted by Crippen LogP contribution is 2.17. The molecule has 4 aromatic rings. The fraction of sp³-hybridized carbons (Fsp3) is 0.208. The van der Waals surface area contributed by atoms with Crippen LogP contribution >= 0.6 is 0 Å². The predicted octanol–water partition coefficient (Wildman–Crippen LogP) is 3.98. The summed E-state index contributed by atoms with van der Waals surface area (Å²) in [4.78, 5) is 15.6. The third kappa shape index (κ3) is 5.03. The van der Waals surface area contributed by atoms with E-state index in [-0.39, 0.29) is 5.91 Å². The minimum atomic E-state index is -0.210. The van der Waals surface area contributed by atoms with Gasteiger partial charge in [0.15, 0.2) is 5.69 Å². The molecule has 0 saturated carbocycles. The summed E-state index contributed by atoms with van der Waals surface area (Å²) in [5.41, 5.74) is 3.94. The number of hydrogen-bond donors (Lipinski definition) is 3. The molecule has 0 atom stereocenters. The number of fused-ring (bicyclic) bond motifs is 1. The molecule has 0 radical (unpaired) electrons. The molecule has 6 nitrogen and oxygen atoms in total. The summed E-state index contributed by atoms with van der Waals surface area (Å²) >= 11 is 0. The zero-order chi connectivity index (χ0) is 20.6. The van der Waals surface area contributed by atoms with Crippen molar-refractivity contribution in [3.63, 3.8) is 0 Å². The van der Waals surface area contributed by atoms with Crippen molar-refractivity contribution in [2.45, 2.75) is 19.3 Å². The van der Waals surface area contributed by atoms with E-state index in [2.05, 4.69) is 56.1 Å². The van der Waals surface area contributed by atoms with Gasteiger partial charge in [0.25, 0.3) is 5.91 Å². The molecule has 6 heteroatoms. The lowest BCUT2D eigenvalue weighted by Crippen LogP contribution is -2.26. The Labute approximate surface area is 175 Å². The van der Waals surface area contributed by atoms with Gasteiger partial charge in [-0.15, -0.1) is 10.2 Å². The van der Waals surface area contributed by atoms with Crippen LogP contribution in [0.4, 0.5) is 5.82 Å². The molecule has 2 aromatic heterocycles. The number of benzene rings is 2. The molecule has 0 spiro atoms. The van der Waals surface area contributed by atoms with E-state index < -0.39 is 0 Å². The van der Waals surface area contributed by atoms with E-state index in [1.54, 1.807) is 12.1 Å². The normalized spacial score (nSPS) is 10.8. The van der Waals surface area contributed by atoms with Crippen LogP contribution in [0.25, 0.3) is 10.9 Å². The Hall–Kier alpha value is -3.67. The van der Waals surface area contributed by atoms with Crippen LogP contribution in [0.3, 0.4) is 0 Å². The summed E-state index contributed by atoms with van der Waals surface area (Å²) in [6.45, 7) is 1.35. The second-order valence-corrected chi connectivity index (χ2v) is 7.19. The van der Waals surface area contributed by atoms with Crippen LogP contribution in [0.1, 0.15) is 28.0 Å². The van der Waals surface area contributed by atoms with E-state index in [0.717, 1.165) is 31.3 Å².